The molecule has 0 bridgehead atoms. The smallest absolute Gasteiger partial charge is 0.236 e. The Labute approximate surface area is 221 Å². The first-order valence-electron chi connectivity index (χ1n) is 9.31. The molecule has 0 unspecified atom stereocenters. The van der Waals surface area contributed by atoms with E-state index in [1.165, 1.54) is 33.3 Å². The lowest BCUT2D eigenvalue weighted by atomic mass is 10.2. The van der Waals surface area contributed by atoms with Gasteiger partial charge in [0.25, 0.3) is 0 Å². The van der Waals surface area contributed by atoms with Gasteiger partial charge in [-0.05, 0) is 68.6 Å². The number of benzene rings is 2. The molecule has 1 heterocycles. The number of ether oxygens (including phenoxy) is 2. The standard InChI is InChI=1S/C14H10O2S4.C8H9N3S2/c17-13(15-11-7-3-1-4-8-11)19-20-14(18)16-12-9-5-2-6-10-12;1-8(2,6-9)13-7(12)11-5-3-4-10-11/h1-10H;3-5H,1-2H3. The largest absolute Gasteiger partial charge is 0.439 e. The summed E-state index contributed by atoms with van der Waals surface area (Å²) < 4.78 is 13.4. The highest BCUT2D eigenvalue weighted by atomic mass is 33.1. The molecule has 3 aromatic rings. The van der Waals surface area contributed by atoms with Crippen molar-refractivity contribution in [2.45, 2.75) is 18.6 Å². The summed E-state index contributed by atoms with van der Waals surface area (Å²) in [6.45, 7) is 3.65. The minimum Gasteiger partial charge on any atom is -0.439 e. The molecule has 0 radical (unpaired) electrons. The van der Waals surface area contributed by atoms with Gasteiger partial charge in [-0.1, -0.05) is 60.4 Å². The van der Waals surface area contributed by atoms with Crippen LogP contribution in [0.25, 0.3) is 0 Å². The van der Waals surface area contributed by atoms with Gasteiger partial charge in [-0.25, -0.2) is 4.68 Å². The zero-order valence-corrected chi connectivity index (χ0v) is 22.5. The molecule has 33 heavy (non-hydrogen) atoms. The van der Waals surface area contributed by atoms with Crippen LogP contribution in [-0.4, -0.2) is 27.6 Å². The second kappa shape index (κ2) is 14.3. The third kappa shape index (κ3) is 11.2. The van der Waals surface area contributed by atoms with Crippen molar-refractivity contribution in [3.63, 3.8) is 0 Å². The molecule has 0 atom stereocenters. The first kappa shape index (κ1) is 27.3. The van der Waals surface area contributed by atoms with Crippen LogP contribution in [0, 0.1) is 11.3 Å². The fourth-order valence-corrected chi connectivity index (χ4v) is 5.17. The molecular formula is C22H19N3O2S6. The zero-order chi connectivity index (χ0) is 24.1. The Balaban J connectivity index is 0.000000257. The van der Waals surface area contributed by atoms with E-state index >= 15 is 0 Å². The summed E-state index contributed by atoms with van der Waals surface area (Å²) in [4.78, 5) is 0. The monoisotopic (exact) mass is 549 g/mol. The van der Waals surface area contributed by atoms with Crippen LogP contribution in [0.2, 0.25) is 0 Å². The van der Waals surface area contributed by atoms with E-state index in [4.69, 9.17) is 51.4 Å². The maximum absolute atomic E-state index is 8.78. The van der Waals surface area contributed by atoms with Crippen molar-refractivity contribution < 1.29 is 9.47 Å². The minimum atomic E-state index is -0.497. The van der Waals surface area contributed by atoms with Crippen molar-refractivity contribution in [1.29, 1.82) is 5.26 Å². The second-order valence-corrected chi connectivity index (χ2v) is 12.0. The quantitative estimate of drug-likeness (QED) is 0.249. The van der Waals surface area contributed by atoms with Crippen molar-refractivity contribution in [1.82, 2.24) is 9.78 Å². The van der Waals surface area contributed by atoms with Crippen LogP contribution in [0.3, 0.4) is 0 Å². The number of rotatable bonds is 3. The molecule has 0 spiro atoms. The Kier molecular flexibility index (Phi) is 11.9. The number of nitrogens with zero attached hydrogens (tertiary/aromatic N) is 3. The number of thioether (sulfide) groups is 1. The van der Waals surface area contributed by atoms with Gasteiger partial charge in [0, 0.05) is 34.0 Å². The topological polar surface area (TPSA) is 60.1 Å². The van der Waals surface area contributed by atoms with E-state index in [-0.39, 0.29) is 0 Å². The predicted octanol–water partition coefficient (Wildman–Crippen LogP) is 7.15. The van der Waals surface area contributed by atoms with Crippen LogP contribution in [0.5, 0.6) is 11.5 Å². The van der Waals surface area contributed by atoms with Crippen molar-refractivity contribution >= 4 is 83.1 Å². The van der Waals surface area contributed by atoms with Crippen molar-refractivity contribution in [2.24, 2.45) is 0 Å². The van der Waals surface area contributed by atoms with Crippen molar-refractivity contribution in [3.05, 3.63) is 79.1 Å². The lowest BCUT2D eigenvalue weighted by Crippen LogP contribution is -2.17. The number of hydrogen-bond acceptors (Lipinski definition) is 10. The van der Waals surface area contributed by atoms with E-state index in [1.807, 2.05) is 74.5 Å². The number of nitriles is 1. The van der Waals surface area contributed by atoms with Gasteiger partial charge >= 0.3 is 0 Å². The summed E-state index contributed by atoms with van der Waals surface area (Å²) in [5.74, 6) is 1.42. The van der Waals surface area contributed by atoms with E-state index in [9.17, 15) is 0 Å². The Bertz CT molecular complexity index is 1030. The maximum atomic E-state index is 8.78. The Morgan fingerprint density at radius 2 is 1.36 bits per heavy atom. The summed E-state index contributed by atoms with van der Waals surface area (Å²) in [5, 5.41) is 12.8. The molecule has 0 fully saturated rings. The van der Waals surface area contributed by atoms with Crippen LogP contribution in [-0.2, 0) is 0 Å². The molecule has 1 aromatic heterocycles. The molecule has 0 aliphatic heterocycles. The van der Waals surface area contributed by atoms with Crippen LogP contribution in [0.1, 0.15) is 13.8 Å². The summed E-state index contributed by atoms with van der Waals surface area (Å²) in [5.41, 5.74) is 0. The molecule has 0 N–H and O–H groups in total. The summed E-state index contributed by atoms with van der Waals surface area (Å²) >= 11 is 16.7. The van der Waals surface area contributed by atoms with Crippen molar-refractivity contribution in [3.8, 4) is 17.6 Å². The average molecular weight is 550 g/mol. The summed E-state index contributed by atoms with van der Waals surface area (Å²) in [6, 6.07) is 22.7. The predicted molar refractivity (Wildman–Crippen MR) is 152 cm³/mol. The molecular weight excluding hydrogens is 531 g/mol. The average Bonchev–Trinajstić information content (AvgIpc) is 3.35. The first-order valence-corrected chi connectivity index (χ1v) is 13.5. The molecule has 170 valence electrons. The fraction of sp³-hybridized carbons (Fsp3) is 0.136. The molecule has 0 aliphatic carbocycles. The SMILES string of the molecule is CC(C)(C#N)SC(=S)n1cccn1.S=C(Oc1ccccc1)SSC(=S)Oc1ccccc1. The van der Waals surface area contributed by atoms with E-state index in [2.05, 4.69) is 11.2 Å². The van der Waals surface area contributed by atoms with Gasteiger partial charge in [0.2, 0.25) is 8.77 Å². The van der Waals surface area contributed by atoms with Crippen LogP contribution in [0.15, 0.2) is 79.1 Å². The van der Waals surface area contributed by atoms with Gasteiger partial charge < -0.3 is 9.47 Å². The number of para-hydroxylation sites is 2. The van der Waals surface area contributed by atoms with Gasteiger partial charge in [0.05, 0.1) is 6.07 Å². The van der Waals surface area contributed by atoms with Gasteiger partial charge in [-0.3, -0.25) is 0 Å². The second-order valence-electron chi connectivity index (χ2n) is 6.44. The van der Waals surface area contributed by atoms with Gasteiger partial charge in [-0.15, -0.1) is 0 Å². The molecule has 11 heteroatoms. The van der Waals surface area contributed by atoms with Crippen LogP contribution in [0.4, 0.5) is 0 Å². The van der Waals surface area contributed by atoms with E-state index in [1.54, 1.807) is 23.1 Å². The van der Waals surface area contributed by atoms with E-state index < -0.39 is 4.75 Å². The third-order valence-corrected chi connectivity index (χ3v) is 7.75. The van der Waals surface area contributed by atoms with E-state index in [0.717, 1.165) is 0 Å². The highest BCUT2D eigenvalue weighted by Crippen LogP contribution is 2.28. The minimum absolute atomic E-state index is 0.389. The lowest BCUT2D eigenvalue weighted by molar-refractivity contribution is 0.578. The molecule has 0 amide bonds. The number of aromatic nitrogens is 2. The highest BCUT2D eigenvalue weighted by molar-refractivity contribution is 8.89. The maximum Gasteiger partial charge on any atom is 0.236 e. The third-order valence-electron chi connectivity index (χ3n) is 3.37. The van der Waals surface area contributed by atoms with E-state index in [0.29, 0.717) is 24.6 Å². The van der Waals surface area contributed by atoms with Gasteiger partial charge in [-0.2, -0.15) is 10.4 Å². The molecule has 0 aliphatic rings. The highest BCUT2D eigenvalue weighted by Gasteiger charge is 2.20. The number of hydrogen-bond donors (Lipinski definition) is 0. The normalized spacial score (nSPS) is 10.2. The fourth-order valence-electron chi connectivity index (χ4n) is 1.94. The molecule has 3 rings (SSSR count). The first-order chi connectivity index (χ1) is 15.8. The van der Waals surface area contributed by atoms with Crippen LogP contribution < -0.4 is 9.47 Å². The Morgan fingerprint density at radius 3 is 1.76 bits per heavy atom. The summed E-state index contributed by atoms with van der Waals surface area (Å²) in [7, 11) is 2.52. The molecule has 2 aromatic carbocycles. The lowest BCUT2D eigenvalue weighted by Gasteiger charge is -2.14. The molecule has 5 nitrogen and oxygen atoms in total. The summed E-state index contributed by atoms with van der Waals surface area (Å²) in [6.07, 6.45) is 3.43. The number of thiocarbonyl (C=S) groups is 3. The zero-order valence-electron chi connectivity index (χ0n) is 17.6. The van der Waals surface area contributed by atoms with Gasteiger partial charge in [0.15, 0.2) is 4.32 Å². The Morgan fingerprint density at radius 1 is 0.879 bits per heavy atom. The van der Waals surface area contributed by atoms with Crippen molar-refractivity contribution in [2.75, 3.05) is 0 Å². The Hall–Kier alpha value is -1.94. The van der Waals surface area contributed by atoms with Crippen LogP contribution >= 0.6 is 70.0 Å². The molecule has 0 saturated carbocycles. The molecule has 0 saturated heterocycles. The van der Waals surface area contributed by atoms with Gasteiger partial charge in [0.1, 0.15) is 16.2 Å².